The van der Waals surface area contributed by atoms with Crippen LogP contribution in [0.15, 0.2) is 52.4 Å². The lowest BCUT2D eigenvalue weighted by molar-refractivity contribution is -0.140. The highest BCUT2D eigenvalue weighted by Crippen LogP contribution is 2.12. The number of nitrogens with zero attached hydrogens (tertiary/aromatic N) is 6. The van der Waals surface area contributed by atoms with Crippen LogP contribution in [-0.4, -0.2) is 74.0 Å². The third-order valence-corrected chi connectivity index (χ3v) is 5.72. The summed E-state index contributed by atoms with van der Waals surface area (Å²) < 4.78 is 0. The normalized spacial score (nSPS) is 11.3. The van der Waals surface area contributed by atoms with Crippen LogP contribution in [0.3, 0.4) is 0 Å². The summed E-state index contributed by atoms with van der Waals surface area (Å²) in [6.45, 7) is 0.231. The Labute approximate surface area is 244 Å². The minimum Gasteiger partial charge on any atom is -0.481 e. The zero-order valence-electron chi connectivity index (χ0n) is 22.5. The molecule has 19 nitrogen and oxygen atoms in total. The SMILES string of the molecule is Nc1nc2ncc(CNc3ccc(C(=O)NC(CCC(=O)O)C(=O)O)cc3)nc2c(=O)[nH]1.Nc1nc2nccnc2c(=O)[nH]1. The van der Waals surface area contributed by atoms with E-state index >= 15 is 0 Å². The monoisotopic (exact) mass is 604 g/mol. The van der Waals surface area contributed by atoms with Crippen molar-refractivity contribution in [2.75, 3.05) is 16.8 Å². The molecule has 0 aliphatic rings. The summed E-state index contributed by atoms with van der Waals surface area (Å²) in [4.78, 5) is 85.4. The van der Waals surface area contributed by atoms with Crippen molar-refractivity contribution in [3.05, 3.63) is 74.8 Å². The summed E-state index contributed by atoms with van der Waals surface area (Å²) in [5.74, 6) is -3.11. The van der Waals surface area contributed by atoms with Crippen molar-refractivity contribution in [2.24, 2.45) is 0 Å². The lowest BCUT2D eigenvalue weighted by Gasteiger charge is -2.14. The van der Waals surface area contributed by atoms with Crippen LogP contribution in [0, 0.1) is 0 Å². The van der Waals surface area contributed by atoms with Gasteiger partial charge in [-0.1, -0.05) is 0 Å². The largest absolute Gasteiger partial charge is 0.481 e. The van der Waals surface area contributed by atoms with Gasteiger partial charge in [-0.2, -0.15) is 9.97 Å². The van der Waals surface area contributed by atoms with E-state index in [2.05, 4.69) is 50.5 Å². The fraction of sp³-hybridized carbons (Fsp3) is 0.160. The van der Waals surface area contributed by atoms with Gasteiger partial charge < -0.3 is 32.3 Å². The number of nitrogen functional groups attached to an aromatic ring is 2. The molecule has 44 heavy (non-hydrogen) atoms. The highest BCUT2D eigenvalue weighted by atomic mass is 16.4. The van der Waals surface area contributed by atoms with Crippen LogP contribution in [0.5, 0.6) is 0 Å². The van der Waals surface area contributed by atoms with Gasteiger partial charge in [0.05, 0.1) is 18.4 Å². The molecule has 0 spiro atoms. The number of carboxylic acids is 2. The maximum Gasteiger partial charge on any atom is 0.326 e. The van der Waals surface area contributed by atoms with Gasteiger partial charge in [0.1, 0.15) is 6.04 Å². The molecule has 4 heterocycles. The molecule has 5 aromatic rings. The number of hydrogen-bond acceptors (Lipinski definition) is 14. The molecule has 1 amide bonds. The van der Waals surface area contributed by atoms with Crippen LogP contribution < -0.4 is 33.2 Å². The lowest BCUT2D eigenvalue weighted by Crippen LogP contribution is -2.41. The van der Waals surface area contributed by atoms with E-state index in [-0.39, 0.29) is 64.7 Å². The smallest absolute Gasteiger partial charge is 0.326 e. The van der Waals surface area contributed by atoms with E-state index in [4.69, 9.17) is 21.7 Å². The molecule has 0 aliphatic heterocycles. The Kier molecular flexibility index (Phi) is 9.28. The van der Waals surface area contributed by atoms with Crippen molar-refractivity contribution in [1.29, 1.82) is 0 Å². The van der Waals surface area contributed by atoms with Crippen LogP contribution >= 0.6 is 0 Å². The Morgan fingerprint density at radius 1 is 0.841 bits per heavy atom. The van der Waals surface area contributed by atoms with Crippen molar-refractivity contribution in [1.82, 2.24) is 45.2 Å². The molecule has 10 N–H and O–H groups in total. The number of anilines is 3. The fourth-order valence-electron chi connectivity index (χ4n) is 3.65. The number of nitrogens with two attached hydrogens (primary N) is 2. The number of aliphatic carboxylic acids is 2. The summed E-state index contributed by atoms with van der Waals surface area (Å²) in [7, 11) is 0. The molecule has 0 saturated heterocycles. The van der Waals surface area contributed by atoms with E-state index in [9.17, 15) is 24.0 Å². The van der Waals surface area contributed by atoms with Crippen LogP contribution in [0.25, 0.3) is 22.3 Å². The molecule has 4 aromatic heterocycles. The van der Waals surface area contributed by atoms with Gasteiger partial charge in [0.25, 0.3) is 17.0 Å². The number of carboxylic acid groups (broad SMARTS) is 2. The quantitative estimate of drug-likeness (QED) is 0.103. The van der Waals surface area contributed by atoms with Gasteiger partial charge in [-0.05, 0) is 30.7 Å². The number of carbonyl (C=O) groups is 3. The first-order valence-electron chi connectivity index (χ1n) is 12.6. The Morgan fingerprint density at radius 2 is 1.45 bits per heavy atom. The molecular formula is C25H24N12O7. The van der Waals surface area contributed by atoms with E-state index in [0.29, 0.717) is 11.4 Å². The van der Waals surface area contributed by atoms with Gasteiger partial charge in [-0.25, -0.2) is 24.7 Å². The van der Waals surface area contributed by atoms with E-state index in [1.54, 1.807) is 12.1 Å². The Morgan fingerprint density at radius 3 is 2.09 bits per heavy atom. The predicted octanol–water partition coefficient (Wildman–Crippen LogP) is -0.749. The molecule has 0 radical (unpaired) electrons. The van der Waals surface area contributed by atoms with Crippen LogP contribution in [0.1, 0.15) is 28.9 Å². The number of nitrogens with one attached hydrogen (secondary N) is 4. The van der Waals surface area contributed by atoms with Gasteiger partial charge in [-0.3, -0.25) is 29.1 Å². The molecule has 19 heteroatoms. The summed E-state index contributed by atoms with van der Waals surface area (Å²) >= 11 is 0. The maximum atomic E-state index is 12.3. The minimum absolute atomic E-state index is 0.0491. The highest BCUT2D eigenvalue weighted by molar-refractivity contribution is 5.97. The molecule has 0 bridgehead atoms. The van der Waals surface area contributed by atoms with Gasteiger partial charge in [0, 0.05) is 30.1 Å². The van der Waals surface area contributed by atoms with Crippen LogP contribution in [0.2, 0.25) is 0 Å². The number of fused-ring (bicyclic) bond motifs is 2. The van der Waals surface area contributed by atoms with E-state index < -0.39 is 29.4 Å². The summed E-state index contributed by atoms with van der Waals surface area (Å²) in [6, 6.07) is 4.86. The molecule has 5 rings (SSSR count). The molecule has 0 aliphatic carbocycles. The lowest BCUT2D eigenvalue weighted by atomic mass is 10.1. The molecule has 1 atom stereocenters. The second-order valence-electron chi connectivity index (χ2n) is 8.89. The van der Waals surface area contributed by atoms with Crippen molar-refractivity contribution in [3.63, 3.8) is 0 Å². The number of benzene rings is 1. The number of H-pyrrole nitrogens is 2. The third-order valence-electron chi connectivity index (χ3n) is 5.72. The molecular weight excluding hydrogens is 580 g/mol. The highest BCUT2D eigenvalue weighted by Gasteiger charge is 2.21. The molecule has 226 valence electrons. The molecule has 0 fully saturated rings. The van der Waals surface area contributed by atoms with E-state index in [0.717, 1.165) is 0 Å². The molecule has 0 saturated carbocycles. The molecule has 1 aromatic carbocycles. The van der Waals surface area contributed by atoms with Gasteiger partial charge in [0.2, 0.25) is 11.9 Å². The standard InChI is InChI=1S/C19H19N7O6.C6H5N5O/c20-19-25-15-14(17(30)26-19)23-11(8-22-15)7-21-10-3-1-9(2-4-10)16(29)24-12(18(31)32)5-6-13(27)28;7-6-10-4-3(5(12)11-6)8-1-2-9-4/h1-4,8,12,21H,5-7H2,(H,24,29)(H,27,28)(H,31,32)(H3,20,22,25,26,30);1-2H,(H3,7,9,10,11,12). The predicted molar refractivity (Wildman–Crippen MR) is 154 cm³/mol. The zero-order chi connectivity index (χ0) is 31.8. The summed E-state index contributed by atoms with van der Waals surface area (Å²) in [5.41, 5.74) is 11.9. The van der Waals surface area contributed by atoms with Crippen molar-refractivity contribution in [2.45, 2.75) is 25.4 Å². The Hall–Kier alpha value is -6.53. The summed E-state index contributed by atoms with van der Waals surface area (Å²) in [5, 5.41) is 23.2. The van der Waals surface area contributed by atoms with Crippen LogP contribution in [0.4, 0.5) is 17.6 Å². The average molecular weight is 605 g/mol. The Bertz CT molecular complexity index is 1960. The number of aromatic amines is 2. The second-order valence-corrected chi connectivity index (χ2v) is 8.89. The first-order valence-corrected chi connectivity index (χ1v) is 12.6. The zero-order valence-corrected chi connectivity index (χ0v) is 22.5. The topological polar surface area (TPSA) is 311 Å². The fourth-order valence-corrected chi connectivity index (χ4v) is 3.65. The number of amides is 1. The van der Waals surface area contributed by atoms with Crippen LogP contribution in [-0.2, 0) is 16.1 Å². The van der Waals surface area contributed by atoms with Gasteiger partial charge in [0.15, 0.2) is 22.3 Å². The van der Waals surface area contributed by atoms with Crippen molar-refractivity contribution < 1.29 is 24.6 Å². The van der Waals surface area contributed by atoms with Gasteiger partial charge in [-0.15, -0.1) is 0 Å². The number of hydrogen-bond donors (Lipinski definition) is 8. The third kappa shape index (κ3) is 7.81. The first kappa shape index (κ1) is 30.4. The number of aromatic nitrogens is 8. The average Bonchev–Trinajstić information content (AvgIpc) is 2.98. The second kappa shape index (κ2) is 13.4. The summed E-state index contributed by atoms with van der Waals surface area (Å²) in [6.07, 6.45) is 3.72. The number of carbonyl (C=O) groups excluding carboxylic acids is 1. The van der Waals surface area contributed by atoms with E-state index in [1.807, 2.05) is 0 Å². The van der Waals surface area contributed by atoms with Crippen molar-refractivity contribution >= 4 is 57.8 Å². The Balaban J connectivity index is 0.000000305. The number of rotatable bonds is 9. The van der Waals surface area contributed by atoms with Crippen molar-refractivity contribution in [3.8, 4) is 0 Å². The van der Waals surface area contributed by atoms with E-state index in [1.165, 1.54) is 30.7 Å². The maximum absolute atomic E-state index is 12.3. The molecule has 1 unspecified atom stereocenters. The minimum atomic E-state index is -1.31. The van der Waals surface area contributed by atoms with Gasteiger partial charge >= 0.3 is 11.9 Å². The first-order chi connectivity index (χ1) is 21.0.